The molecule has 0 radical (unpaired) electrons. The van der Waals surface area contributed by atoms with Gasteiger partial charge in [-0.2, -0.15) is 0 Å². The molecule has 0 saturated heterocycles. The number of nitrogens with one attached hydrogen (secondary N) is 1. The fraction of sp³-hybridized carbons (Fsp3) is 0.412. The summed E-state index contributed by atoms with van der Waals surface area (Å²) < 4.78 is 10.7. The van der Waals surface area contributed by atoms with Crippen LogP contribution in [-0.4, -0.2) is 42.3 Å². The zero-order valence-electron chi connectivity index (χ0n) is 13.5. The second-order valence-corrected chi connectivity index (χ2v) is 5.28. The smallest absolute Gasteiger partial charge is 0.328 e. The molecular weight excluding hydrogens is 298 g/mol. The largest absolute Gasteiger partial charge is 0.491 e. The first-order chi connectivity index (χ1) is 10.9. The van der Waals surface area contributed by atoms with Crippen molar-refractivity contribution in [3.63, 3.8) is 0 Å². The Labute approximate surface area is 136 Å². The Morgan fingerprint density at radius 1 is 1.39 bits per heavy atom. The van der Waals surface area contributed by atoms with E-state index in [1.165, 1.54) is 6.08 Å². The quantitative estimate of drug-likeness (QED) is 0.507. The highest BCUT2D eigenvalue weighted by Gasteiger charge is 2.20. The lowest BCUT2D eigenvalue weighted by molar-refractivity contribution is -0.143. The van der Waals surface area contributed by atoms with Crippen LogP contribution in [0.15, 0.2) is 36.9 Å². The molecule has 1 aromatic rings. The minimum Gasteiger partial charge on any atom is -0.491 e. The van der Waals surface area contributed by atoms with E-state index in [0.717, 1.165) is 5.56 Å². The first-order valence-corrected chi connectivity index (χ1v) is 7.38. The second-order valence-electron chi connectivity index (χ2n) is 5.28. The summed E-state index contributed by atoms with van der Waals surface area (Å²) in [5, 5.41) is 11.5. The zero-order chi connectivity index (χ0) is 17.2. The molecule has 0 spiro atoms. The summed E-state index contributed by atoms with van der Waals surface area (Å²) >= 11 is 0. The summed E-state index contributed by atoms with van der Waals surface area (Å²) in [4.78, 5) is 23.1. The van der Waals surface area contributed by atoms with Gasteiger partial charge in [-0.3, -0.25) is 4.79 Å². The van der Waals surface area contributed by atoms with Crippen molar-refractivity contribution in [2.75, 3.05) is 13.2 Å². The maximum absolute atomic E-state index is 12.0. The molecule has 1 unspecified atom stereocenters. The molecule has 0 aliphatic heterocycles. The van der Waals surface area contributed by atoms with E-state index in [0.29, 0.717) is 5.75 Å². The number of carboxylic acid groups (broad SMARTS) is 1. The first-order valence-electron chi connectivity index (χ1n) is 7.38. The molecule has 2 N–H and O–H groups in total. The van der Waals surface area contributed by atoms with E-state index in [1.54, 1.807) is 18.2 Å². The number of carbonyl (C=O) groups is 2. The number of carbonyl (C=O) groups excluding carboxylic acids is 1. The predicted molar refractivity (Wildman–Crippen MR) is 86.5 cm³/mol. The van der Waals surface area contributed by atoms with Crippen molar-refractivity contribution in [2.45, 2.75) is 32.4 Å². The van der Waals surface area contributed by atoms with Crippen LogP contribution in [0, 0.1) is 0 Å². The lowest BCUT2D eigenvalue weighted by atomic mass is 10.1. The third kappa shape index (κ3) is 7.46. The number of ether oxygens (including phenoxy) is 2. The Kier molecular flexibility index (Phi) is 7.83. The van der Waals surface area contributed by atoms with Gasteiger partial charge in [0.05, 0.1) is 25.7 Å². The van der Waals surface area contributed by atoms with Crippen LogP contribution >= 0.6 is 0 Å². The highest BCUT2D eigenvalue weighted by atomic mass is 16.5. The molecule has 1 rings (SSSR count). The van der Waals surface area contributed by atoms with Crippen LogP contribution in [-0.2, 0) is 20.7 Å². The van der Waals surface area contributed by atoms with Gasteiger partial charge in [-0.25, -0.2) is 4.79 Å². The summed E-state index contributed by atoms with van der Waals surface area (Å²) in [6.45, 7) is 7.43. The molecule has 1 atom stereocenters. The topological polar surface area (TPSA) is 84.9 Å². The van der Waals surface area contributed by atoms with Crippen LogP contribution in [0.4, 0.5) is 0 Å². The third-order valence-electron chi connectivity index (χ3n) is 2.79. The van der Waals surface area contributed by atoms with Gasteiger partial charge in [-0.1, -0.05) is 18.2 Å². The summed E-state index contributed by atoms with van der Waals surface area (Å²) in [6, 6.07) is 6.07. The summed E-state index contributed by atoms with van der Waals surface area (Å²) in [6.07, 6.45) is 1.62. The number of hydrogen-bond donors (Lipinski definition) is 2. The molecule has 0 aliphatic carbocycles. The van der Waals surface area contributed by atoms with Crippen molar-refractivity contribution in [2.24, 2.45) is 0 Å². The SMILES string of the molecule is C=CCOCC(NC(=O)Cc1cccc(OC(C)C)c1)C(=O)O. The minimum absolute atomic E-state index is 0.0393. The molecule has 6 heteroatoms. The summed E-state index contributed by atoms with van der Waals surface area (Å²) in [5.74, 6) is -0.852. The number of carboxylic acids is 1. The van der Waals surface area contributed by atoms with Crippen molar-refractivity contribution in [3.8, 4) is 5.75 Å². The molecule has 0 aromatic heterocycles. The minimum atomic E-state index is -1.14. The fourth-order valence-electron chi connectivity index (χ4n) is 1.88. The molecule has 1 amide bonds. The van der Waals surface area contributed by atoms with Crippen LogP contribution in [0.3, 0.4) is 0 Å². The number of hydrogen-bond acceptors (Lipinski definition) is 4. The predicted octanol–water partition coefficient (Wildman–Crippen LogP) is 1.79. The van der Waals surface area contributed by atoms with Crippen molar-refractivity contribution in [3.05, 3.63) is 42.5 Å². The second kappa shape index (κ2) is 9.63. The van der Waals surface area contributed by atoms with E-state index >= 15 is 0 Å². The van der Waals surface area contributed by atoms with Gasteiger partial charge in [0.2, 0.25) is 5.91 Å². The van der Waals surface area contributed by atoms with Crippen LogP contribution in [0.1, 0.15) is 19.4 Å². The molecule has 6 nitrogen and oxygen atoms in total. The number of aliphatic carboxylic acids is 1. The van der Waals surface area contributed by atoms with E-state index in [2.05, 4.69) is 11.9 Å². The van der Waals surface area contributed by atoms with Crippen LogP contribution in [0.5, 0.6) is 5.75 Å². The van der Waals surface area contributed by atoms with Crippen molar-refractivity contribution in [1.82, 2.24) is 5.32 Å². The van der Waals surface area contributed by atoms with Gasteiger partial charge in [0.15, 0.2) is 6.04 Å². The molecular formula is C17H23NO5. The lowest BCUT2D eigenvalue weighted by Gasteiger charge is -2.15. The number of rotatable bonds is 10. The lowest BCUT2D eigenvalue weighted by Crippen LogP contribution is -2.44. The number of amides is 1. The van der Waals surface area contributed by atoms with E-state index < -0.39 is 12.0 Å². The monoisotopic (exact) mass is 321 g/mol. The fourth-order valence-corrected chi connectivity index (χ4v) is 1.88. The van der Waals surface area contributed by atoms with E-state index in [1.807, 2.05) is 19.9 Å². The molecule has 0 bridgehead atoms. The average molecular weight is 321 g/mol. The zero-order valence-corrected chi connectivity index (χ0v) is 13.5. The maximum Gasteiger partial charge on any atom is 0.328 e. The molecule has 0 aliphatic rings. The van der Waals surface area contributed by atoms with Gasteiger partial charge in [-0.05, 0) is 31.5 Å². The summed E-state index contributed by atoms with van der Waals surface area (Å²) in [5.41, 5.74) is 0.747. The first kappa shape index (κ1) is 18.7. The normalized spacial score (nSPS) is 11.8. The van der Waals surface area contributed by atoms with Crippen LogP contribution in [0.25, 0.3) is 0 Å². The van der Waals surface area contributed by atoms with Gasteiger partial charge < -0.3 is 19.9 Å². The van der Waals surface area contributed by atoms with E-state index in [4.69, 9.17) is 14.6 Å². The Hall–Kier alpha value is -2.34. The number of benzene rings is 1. The van der Waals surface area contributed by atoms with Crippen molar-refractivity contribution in [1.29, 1.82) is 0 Å². The van der Waals surface area contributed by atoms with Gasteiger partial charge in [0.25, 0.3) is 0 Å². The Morgan fingerprint density at radius 3 is 2.74 bits per heavy atom. The third-order valence-corrected chi connectivity index (χ3v) is 2.79. The highest BCUT2D eigenvalue weighted by molar-refractivity contribution is 5.85. The standard InChI is InChI=1S/C17H23NO5/c1-4-8-22-11-15(17(20)21)18-16(19)10-13-6-5-7-14(9-13)23-12(2)3/h4-7,9,12,15H,1,8,10-11H2,2-3H3,(H,18,19)(H,20,21). The van der Waals surface area contributed by atoms with Gasteiger partial charge >= 0.3 is 5.97 Å². The van der Waals surface area contributed by atoms with E-state index in [-0.39, 0.29) is 31.6 Å². The van der Waals surface area contributed by atoms with Gasteiger partial charge in [0, 0.05) is 0 Å². The molecule has 0 heterocycles. The Bertz CT molecular complexity index is 542. The molecule has 1 aromatic carbocycles. The molecule has 126 valence electrons. The molecule has 0 fully saturated rings. The van der Waals surface area contributed by atoms with E-state index in [9.17, 15) is 9.59 Å². The van der Waals surface area contributed by atoms with Crippen molar-refractivity contribution < 1.29 is 24.2 Å². The molecule has 23 heavy (non-hydrogen) atoms. The molecule has 0 saturated carbocycles. The Balaban J connectivity index is 2.60. The van der Waals surface area contributed by atoms with Crippen LogP contribution < -0.4 is 10.1 Å². The van der Waals surface area contributed by atoms with Crippen molar-refractivity contribution >= 4 is 11.9 Å². The van der Waals surface area contributed by atoms with Gasteiger partial charge in [-0.15, -0.1) is 6.58 Å². The Morgan fingerprint density at radius 2 is 2.13 bits per heavy atom. The highest BCUT2D eigenvalue weighted by Crippen LogP contribution is 2.15. The maximum atomic E-state index is 12.0. The summed E-state index contributed by atoms with van der Waals surface area (Å²) in [7, 11) is 0. The average Bonchev–Trinajstić information content (AvgIpc) is 2.45. The van der Waals surface area contributed by atoms with Gasteiger partial charge in [0.1, 0.15) is 5.75 Å². The van der Waals surface area contributed by atoms with Crippen LogP contribution in [0.2, 0.25) is 0 Å².